The Morgan fingerprint density at radius 1 is 1.19 bits per heavy atom. The standard InChI is InChI=1S/C22H24O5/c1-6-7-13-10-15(23)26-21-16(13)20-14(8-9-22(4,5)27-20)19-17(21)18(24)11(2)12(3)25-19/h8-10,16,21H,6-7H2,1-5H3. The molecule has 0 saturated heterocycles. The van der Waals surface area contributed by atoms with Gasteiger partial charge in [-0.2, -0.15) is 0 Å². The third kappa shape index (κ3) is 2.68. The van der Waals surface area contributed by atoms with Crippen molar-refractivity contribution in [2.75, 3.05) is 0 Å². The lowest BCUT2D eigenvalue weighted by atomic mass is 9.75. The van der Waals surface area contributed by atoms with Gasteiger partial charge in [0.25, 0.3) is 0 Å². The van der Waals surface area contributed by atoms with Crippen molar-refractivity contribution in [1.29, 1.82) is 0 Å². The van der Waals surface area contributed by atoms with Crippen LogP contribution in [-0.2, 0) is 14.3 Å². The third-order valence-corrected chi connectivity index (χ3v) is 5.50. The van der Waals surface area contributed by atoms with Gasteiger partial charge in [0.1, 0.15) is 29.0 Å². The van der Waals surface area contributed by atoms with Crippen LogP contribution in [0.25, 0.3) is 5.57 Å². The van der Waals surface area contributed by atoms with Crippen molar-refractivity contribution in [2.24, 2.45) is 5.92 Å². The molecular weight excluding hydrogens is 344 g/mol. The number of rotatable bonds is 2. The number of hydrogen-bond acceptors (Lipinski definition) is 5. The fourth-order valence-corrected chi connectivity index (χ4v) is 4.08. The van der Waals surface area contributed by atoms with E-state index >= 15 is 0 Å². The molecule has 1 aromatic rings. The Morgan fingerprint density at radius 3 is 2.63 bits per heavy atom. The highest BCUT2D eigenvalue weighted by Crippen LogP contribution is 2.51. The number of hydrogen-bond donors (Lipinski definition) is 0. The molecular formula is C22H24O5. The van der Waals surface area contributed by atoms with Crippen LogP contribution in [0.3, 0.4) is 0 Å². The largest absolute Gasteiger partial charge is 0.487 e. The molecule has 1 aliphatic carbocycles. The van der Waals surface area contributed by atoms with Gasteiger partial charge < -0.3 is 13.9 Å². The van der Waals surface area contributed by atoms with Gasteiger partial charge in [-0.25, -0.2) is 4.79 Å². The predicted molar refractivity (Wildman–Crippen MR) is 101 cm³/mol. The van der Waals surface area contributed by atoms with Gasteiger partial charge in [0.05, 0.1) is 17.1 Å². The first-order valence-corrected chi connectivity index (χ1v) is 9.41. The van der Waals surface area contributed by atoms with Crippen LogP contribution in [-0.4, -0.2) is 11.6 Å². The Labute approximate surface area is 158 Å². The number of esters is 1. The third-order valence-electron chi connectivity index (χ3n) is 5.50. The van der Waals surface area contributed by atoms with Crippen molar-refractivity contribution in [1.82, 2.24) is 0 Å². The zero-order chi connectivity index (χ0) is 19.5. The zero-order valence-corrected chi connectivity index (χ0v) is 16.3. The van der Waals surface area contributed by atoms with E-state index in [4.69, 9.17) is 13.9 Å². The van der Waals surface area contributed by atoms with E-state index in [-0.39, 0.29) is 11.3 Å². The monoisotopic (exact) mass is 368 g/mol. The maximum atomic E-state index is 13.1. The number of ether oxygens (including phenoxy) is 2. The molecule has 27 heavy (non-hydrogen) atoms. The van der Waals surface area contributed by atoms with Gasteiger partial charge in [0, 0.05) is 11.6 Å². The van der Waals surface area contributed by atoms with Crippen LogP contribution in [0.15, 0.2) is 38.8 Å². The van der Waals surface area contributed by atoms with Gasteiger partial charge in [-0.3, -0.25) is 4.79 Å². The fourth-order valence-electron chi connectivity index (χ4n) is 4.08. The van der Waals surface area contributed by atoms with E-state index in [1.165, 1.54) is 0 Å². The number of allylic oxidation sites excluding steroid dienone is 2. The molecule has 0 spiro atoms. The van der Waals surface area contributed by atoms with Crippen LogP contribution >= 0.6 is 0 Å². The van der Waals surface area contributed by atoms with Gasteiger partial charge in [0.15, 0.2) is 5.43 Å². The van der Waals surface area contributed by atoms with E-state index in [0.717, 1.165) is 29.7 Å². The van der Waals surface area contributed by atoms with Crippen LogP contribution in [0.5, 0.6) is 0 Å². The topological polar surface area (TPSA) is 65.7 Å². The van der Waals surface area contributed by atoms with E-state index in [9.17, 15) is 9.59 Å². The first-order chi connectivity index (χ1) is 12.7. The molecule has 2 unspecified atom stereocenters. The Bertz CT molecular complexity index is 987. The van der Waals surface area contributed by atoms with Crippen molar-refractivity contribution in [3.05, 3.63) is 62.4 Å². The smallest absolute Gasteiger partial charge is 0.331 e. The highest BCUT2D eigenvalue weighted by Gasteiger charge is 2.48. The molecule has 2 atom stereocenters. The van der Waals surface area contributed by atoms with Crippen molar-refractivity contribution < 1.29 is 18.7 Å². The van der Waals surface area contributed by atoms with Crippen LogP contribution in [0.1, 0.15) is 62.4 Å². The summed E-state index contributed by atoms with van der Waals surface area (Å²) in [5.41, 5.74) is 2.07. The van der Waals surface area contributed by atoms with Gasteiger partial charge in [-0.05, 0) is 51.8 Å². The molecule has 5 nitrogen and oxygen atoms in total. The molecule has 0 radical (unpaired) electrons. The lowest BCUT2D eigenvalue weighted by Crippen LogP contribution is -2.39. The molecule has 142 valence electrons. The Kier molecular flexibility index (Phi) is 3.95. The van der Waals surface area contributed by atoms with E-state index < -0.39 is 17.7 Å². The summed E-state index contributed by atoms with van der Waals surface area (Å²) in [6.07, 6.45) is 6.40. The summed E-state index contributed by atoms with van der Waals surface area (Å²) in [6, 6.07) is 0. The first kappa shape index (κ1) is 17.8. The van der Waals surface area contributed by atoms with Crippen molar-refractivity contribution in [3.8, 4) is 0 Å². The summed E-state index contributed by atoms with van der Waals surface area (Å²) in [4.78, 5) is 25.4. The molecule has 5 heteroatoms. The Morgan fingerprint density at radius 2 is 1.93 bits per heavy atom. The molecule has 4 rings (SSSR count). The quantitative estimate of drug-likeness (QED) is 0.729. The number of carbonyl (C=O) groups excluding carboxylic acids is 1. The van der Waals surface area contributed by atoms with Crippen molar-refractivity contribution in [2.45, 2.75) is 59.2 Å². The maximum absolute atomic E-state index is 13.1. The van der Waals surface area contributed by atoms with E-state index in [1.807, 2.05) is 26.0 Å². The highest BCUT2D eigenvalue weighted by atomic mass is 16.6. The Hall–Kier alpha value is -2.56. The molecule has 2 aliphatic heterocycles. The van der Waals surface area contributed by atoms with Gasteiger partial charge >= 0.3 is 5.97 Å². The zero-order valence-electron chi connectivity index (χ0n) is 16.3. The summed E-state index contributed by atoms with van der Waals surface area (Å²) in [6.45, 7) is 9.54. The molecule has 0 bridgehead atoms. The molecule has 0 fully saturated rings. The van der Waals surface area contributed by atoms with Crippen molar-refractivity contribution >= 4 is 11.5 Å². The minimum absolute atomic E-state index is 0.126. The molecule has 1 aromatic heterocycles. The second-order valence-corrected chi connectivity index (χ2v) is 7.98. The summed E-state index contributed by atoms with van der Waals surface area (Å²) in [5.74, 6) is 1.03. The molecule has 0 amide bonds. The van der Waals surface area contributed by atoms with Gasteiger partial charge in [-0.15, -0.1) is 0 Å². The summed E-state index contributed by atoms with van der Waals surface area (Å²) >= 11 is 0. The second kappa shape index (κ2) is 5.98. The molecule has 0 saturated carbocycles. The molecule has 0 aromatic carbocycles. The summed E-state index contributed by atoms with van der Waals surface area (Å²) in [7, 11) is 0. The predicted octanol–water partition coefficient (Wildman–Crippen LogP) is 4.29. The number of carbonyl (C=O) groups is 1. The average molecular weight is 368 g/mol. The molecule has 3 aliphatic rings. The second-order valence-electron chi connectivity index (χ2n) is 7.98. The summed E-state index contributed by atoms with van der Waals surface area (Å²) in [5, 5.41) is 0. The normalized spacial score (nSPS) is 25.1. The van der Waals surface area contributed by atoms with Crippen molar-refractivity contribution in [3.63, 3.8) is 0 Å². The van der Waals surface area contributed by atoms with Crippen LogP contribution < -0.4 is 5.43 Å². The molecule has 0 N–H and O–H groups in total. The van der Waals surface area contributed by atoms with E-state index in [1.54, 1.807) is 19.9 Å². The minimum atomic E-state index is -0.712. The Balaban J connectivity index is 2.04. The van der Waals surface area contributed by atoms with Crippen LogP contribution in [0.2, 0.25) is 0 Å². The van der Waals surface area contributed by atoms with Gasteiger partial charge in [-0.1, -0.05) is 13.3 Å². The minimum Gasteiger partial charge on any atom is -0.487 e. The van der Waals surface area contributed by atoms with Gasteiger partial charge in [0.2, 0.25) is 0 Å². The van der Waals surface area contributed by atoms with E-state index in [2.05, 4.69) is 6.92 Å². The fraction of sp³-hybridized carbons (Fsp3) is 0.455. The maximum Gasteiger partial charge on any atom is 0.331 e. The number of aryl methyl sites for hydroxylation is 1. The number of fused-ring (bicyclic) bond motifs is 5. The van der Waals surface area contributed by atoms with E-state index in [0.29, 0.717) is 22.6 Å². The summed E-state index contributed by atoms with van der Waals surface area (Å²) < 4.78 is 18.0. The molecule has 3 heterocycles. The highest BCUT2D eigenvalue weighted by molar-refractivity contribution is 5.87. The first-order valence-electron chi connectivity index (χ1n) is 9.41. The SMILES string of the molecule is CCCC1=CC(=O)OC2c3c(oc(C)c(C)c3=O)C3=C(OC(C)(C)C=C3)C12. The van der Waals surface area contributed by atoms with Crippen LogP contribution in [0.4, 0.5) is 0 Å². The lowest BCUT2D eigenvalue weighted by molar-refractivity contribution is -0.148. The lowest BCUT2D eigenvalue weighted by Gasteiger charge is -2.42. The van der Waals surface area contributed by atoms with Crippen LogP contribution in [0, 0.1) is 19.8 Å². The average Bonchev–Trinajstić information content (AvgIpc) is 2.58.